The maximum absolute atomic E-state index is 14.0. The van der Waals surface area contributed by atoms with E-state index in [0.717, 1.165) is 0 Å². The Hall–Kier alpha value is -1.77. The number of nitrogens with one attached hydrogen (secondary N) is 1. The average molecular weight is 370 g/mol. The van der Waals surface area contributed by atoms with Crippen LogP contribution >= 0.6 is 22.6 Å². The summed E-state index contributed by atoms with van der Waals surface area (Å²) in [5.74, 6) is 0.261. The summed E-state index contributed by atoms with van der Waals surface area (Å²) < 4.78 is 19.8. The molecule has 0 unspecified atom stereocenters. The molecule has 7 heteroatoms. The quantitative estimate of drug-likeness (QED) is 0.705. The molecule has 0 atom stereocenters. The van der Waals surface area contributed by atoms with Crippen LogP contribution in [0.25, 0.3) is 22.4 Å². The van der Waals surface area contributed by atoms with Crippen molar-refractivity contribution in [2.45, 2.75) is 0 Å². The number of halogens is 2. The van der Waals surface area contributed by atoms with Gasteiger partial charge in [-0.1, -0.05) is 6.07 Å². The van der Waals surface area contributed by atoms with Gasteiger partial charge in [0.15, 0.2) is 5.82 Å². The molecule has 0 saturated carbocycles. The van der Waals surface area contributed by atoms with Crippen LogP contribution in [-0.2, 0) is 0 Å². The standard InChI is InChI=1S/C12H8FIN4O/c1-19-8-4-2-3-6(13)9(8)12-15-5-7-10(16-12)11(14)18-17-7/h2-5H,1H3,(H,17,18). The number of methoxy groups -OCH3 is 1. The molecular weight excluding hydrogens is 362 g/mol. The molecule has 3 aromatic rings. The molecule has 3 rings (SSSR count). The Morgan fingerprint density at radius 3 is 3.00 bits per heavy atom. The molecular formula is C12H8FIN4O. The van der Waals surface area contributed by atoms with Crippen molar-refractivity contribution in [2.75, 3.05) is 7.11 Å². The van der Waals surface area contributed by atoms with Gasteiger partial charge in [0.1, 0.15) is 26.3 Å². The number of H-pyrrole nitrogens is 1. The summed E-state index contributed by atoms with van der Waals surface area (Å²) in [7, 11) is 1.48. The number of aromatic amines is 1. The van der Waals surface area contributed by atoms with Crippen LogP contribution in [0.1, 0.15) is 0 Å². The zero-order chi connectivity index (χ0) is 13.4. The SMILES string of the molecule is COc1cccc(F)c1-c1ncc2[nH]nc(I)c2n1. The van der Waals surface area contributed by atoms with Crippen molar-refractivity contribution in [3.63, 3.8) is 0 Å². The second-order valence-corrected chi connectivity index (χ2v) is 4.81. The molecule has 96 valence electrons. The fraction of sp³-hybridized carbons (Fsp3) is 0.0833. The van der Waals surface area contributed by atoms with Gasteiger partial charge >= 0.3 is 0 Å². The molecule has 0 saturated heterocycles. The summed E-state index contributed by atoms with van der Waals surface area (Å²) >= 11 is 2.06. The molecule has 0 amide bonds. The Balaban J connectivity index is 2.27. The van der Waals surface area contributed by atoms with Gasteiger partial charge in [0, 0.05) is 0 Å². The number of hydrogen-bond donors (Lipinski definition) is 1. The van der Waals surface area contributed by atoms with Crippen LogP contribution in [0.15, 0.2) is 24.4 Å². The van der Waals surface area contributed by atoms with E-state index in [1.54, 1.807) is 18.3 Å². The molecule has 0 aliphatic heterocycles. The highest BCUT2D eigenvalue weighted by Crippen LogP contribution is 2.30. The molecule has 0 fully saturated rings. The minimum atomic E-state index is -0.419. The fourth-order valence-electron chi connectivity index (χ4n) is 1.80. The monoisotopic (exact) mass is 370 g/mol. The zero-order valence-corrected chi connectivity index (χ0v) is 12.0. The van der Waals surface area contributed by atoms with Gasteiger partial charge in [-0.25, -0.2) is 14.4 Å². The molecule has 1 N–H and O–H groups in total. The van der Waals surface area contributed by atoms with Gasteiger partial charge in [0.2, 0.25) is 0 Å². The highest BCUT2D eigenvalue weighted by Gasteiger charge is 2.16. The third kappa shape index (κ3) is 2.03. The van der Waals surface area contributed by atoms with E-state index in [0.29, 0.717) is 20.5 Å². The molecule has 19 heavy (non-hydrogen) atoms. The van der Waals surface area contributed by atoms with E-state index < -0.39 is 5.82 Å². The van der Waals surface area contributed by atoms with Crippen LogP contribution in [0.5, 0.6) is 5.75 Å². The van der Waals surface area contributed by atoms with E-state index in [1.165, 1.54) is 13.2 Å². The highest BCUT2D eigenvalue weighted by molar-refractivity contribution is 14.1. The molecule has 1 aromatic carbocycles. The number of benzene rings is 1. The second-order valence-electron chi connectivity index (χ2n) is 3.79. The molecule has 0 radical (unpaired) electrons. The van der Waals surface area contributed by atoms with Crippen LogP contribution in [-0.4, -0.2) is 27.3 Å². The molecule has 0 spiro atoms. The maximum atomic E-state index is 14.0. The topological polar surface area (TPSA) is 63.7 Å². The first-order valence-electron chi connectivity index (χ1n) is 5.40. The summed E-state index contributed by atoms with van der Waals surface area (Å²) in [5, 5.41) is 6.83. The van der Waals surface area contributed by atoms with Gasteiger partial charge in [-0.2, -0.15) is 5.10 Å². The maximum Gasteiger partial charge on any atom is 0.166 e. The summed E-state index contributed by atoms with van der Waals surface area (Å²) in [6.45, 7) is 0. The molecule has 0 bridgehead atoms. The first kappa shape index (κ1) is 12.3. The third-order valence-corrected chi connectivity index (χ3v) is 3.43. The zero-order valence-electron chi connectivity index (χ0n) is 9.82. The number of nitrogens with zero attached hydrogens (tertiary/aromatic N) is 3. The lowest BCUT2D eigenvalue weighted by Gasteiger charge is -2.07. The Morgan fingerprint density at radius 2 is 2.21 bits per heavy atom. The van der Waals surface area contributed by atoms with E-state index in [9.17, 15) is 4.39 Å². The van der Waals surface area contributed by atoms with Crippen molar-refractivity contribution in [3.8, 4) is 17.1 Å². The van der Waals surface area contributed by atoms with E-state index >= 15 is 0 Å². The molecule has 0 aliphatic carbocycles. The van der Waals surface area contributed by atoms with Crippen LogP contribution in [0.3, 0.4) is 0 Å². The second kappa shape index (κ2) is 4.72. The Labute approximate surface area is 121 Å². The lowest BCUT2D eigenvalue weighted by Crippen LogP contribution is -1.96. The van der Waals surface area contributed by atoms with Gasteiger partial charge in [-0.15, -0.1) is 0 Å². The van der Waals surface area contributed by atoms with Crippen LogP contribution < -0.4 is 4.74 Å². The molecule has 0 aliphatic rings. The summed E-state index contributed by atoms with van der Waals surface area (Å²) in [4.78, 5) is 8.50. The molecule has 5 nitrogen and oxygen atoms in total. The first-order valence-corrected chi connectivity index (χ1v) is 6.48. The Kier molecular flexibility index (Phi) is 3.05. The minimum Gasteiger partial charge on any atom is -0.496 e. The smallest absolute Gasteiger partial charge is 0.166 e. The Bertz CT molecular complexity index is 759. The van der Waals surface area contributed by atoms with Crippen molar-refractivity contribution in [1.82, 2.24) is 20.2 Å². The van der Waals surface area contributed by atoms with E-state index in [1.807, 2.05) is 0 Å². The van der Waals surface area contributed by atoms with Crippen molar-refractivity contribution in [3.05, 3.63) is 33.9 Å². The number of ether oxygens (including phenoxy) is 1. The minimum absolute atomic E-state index is 0.254. The summed E-state index contributed by atoms with van der Waals surface area (Å²) in [6, 6.07) is 4.61. The normalized spacial score (nSPS) is 10.9. The number of aromatic nitrogens is 4. The third-order valence-electron chi connectivity index (χ3n) is 2.68. The van der Waals surface area contributed by atoms with Crippen molar-refractivity contribution in [2.24, 2.45) is 0 Å². The van der Waals surface area contributed by atoms with Crippen LogP contribution in [0, 0.1) is 9.52 Å². The van der Waals surface area contributed by atoms with Crippen molar-refractivity contribution in [1.29, 1.82) is 0 Å². The van der Waals surface area contributed by atoms with E-state index in [4.69, 9.17) is 4.74 Å². The van der Waals surface area contributed by atoms with Crippen LogP contribution in [0.2, 0.25) is 0 Å². The van der Waals surface area contributed by atoms with Gasteiger partial charge in [0.25, 0.3) is 0 Å². The lowest BCUT2D eigenvalue weighted by molar-refractivity contribution is 0.413. The highest BCUT2D eigenvalue weighted by atomic mass is 127. The van der Waals surface area contributed by atoms with Gasteiger partial charge in [-0.05, 0) is 34.7 Å². The van der Waals surface area contributed by atoms with Crippen molar-refractivity contribution >= 4 is 33.6 Å². The van der Waals surface area contributed by atoms with Gasteiger partial charge in [0.05, 0.1) is 18.9 Å². The molecule has 2 aromatic heterocycles. The number of hydrogen-bond acceptors (Lipinski definition) is 4. The van der Waals surface area contributed by atoms with E-state index in [2.05, 4.69) is 42.8 Å². The average Bonchev–Trinajstić information content (AvgIpc) is 2.79. The van der Waals surface area contributed by atoms with Gasteiger partial charge < -0.3 is 4.74 Å². The molecule has 2 heterocycles. The fourth-order valence-corrected chi connectivity index (χ4v) is 2.33. The summed E-state index contributed by atoms with van der Waals surface area (Å²) in [5.41, 5.74) is 1.63. The van der Waals surface area contributed by atoms with Crippen molar-refractivity contribution < 1.29 is 9.13 Å². The van der Waals surface area contributed by atoms with Crippen LogP contribution in [0.4, 0.5) is 4.39 Å². The summed E-state index contributed by atoms with van der Waals surface area (Å²) in [6.07, 6.45) is 1.58. The van der Waals surface area contributed by atoms with E-state index in [-0.39, 0.29) is 11.4 Å². The number of fused-ring (bicyclic) bond motifs is 1. The first-order chi connectivity index (χ1) is 9.20. The predicted molar refractivity (Wildman–Crippen MR) is 76.3 cm³/mol. The number of rotatable bonds is 2. The largest absolute Gasteiger partial charge is 0.496 e. The predicted octanol–water partition coefficient (Wildman–Crippen LogP) is 2.77. The lowest BCUT2D eigenvalue weighted by atomic mass is 10.1. The Morgan fingerprint density at radius 1 is 1.37 bits per heavy atom. The van der Waals surface area contributed by atoms with Gasteiger partial charge in [-0.3, -0.25) is 5.10 Å².